The van der Waals surface area contributed by atoms with Crippen LogP contribution in [0.2, 0.25) is 5.02 Å². The van der Waals surface area contributed by atoms with Gasteiger partial charge in [0, 0.05) is 16.3 Å². The van der Waals surface area contributed by atoms with Crippen LogP contribution in [0.1, 0.15) is 23.5 Å². The molecule has 0 saturated heterocycles. The Hall–Kier alpha value is -2.59. The Balaban J connectivity index is 2.02. The van der Waals surface area contributed by atoms with E-state index >= 15 is 0 Å². The summed E-state index contributed by atoms with van der Waals surface area (Å²) in [5.41, 5.74) is 1.72. The minimum Gasteiger partial charge on any atom is -0.425 e. The number of ether oxygens (including phenoxy) is 1. The van der Waals surface area contributed by atoms with Crippen LogP contribution in [0.25, 0.3) is 10.9 Å². The first kappa shape index (κ1) is 14.0. The summed E-state index contributed by atoms with van der Waals surface area (Å²) < 4.78 is 5.42. The molecule has 0 unspecified atom stereocenters. The number of carbonyl (C=O) groups excluding carboxylic acids is 1. The standard InChI is InChI=1S/C18H12ClNO3/c19-11-5-3-4-10(8-11)13-9-15(21)23-17-12-6-1-2-7-14(12)20-18(22)16(13)17/h1-8,13H,9H2,(H,20,22)/t13-/m1/s1. The average molecular weight is 326 g/mol. The normalized spacial score (nSPS) is 16.9. The predicted octanol–water partition coefficient (Wildman–Crippen LogP) is 3.62. The summed E-state index contributed by atoms with van der Waals surface area (Å²) in [6, 6.07) is 14.5. The Morgan fingerprint density at radius 2 is 1.91 bits per heavy atom. The van der Waals surface area contributed by atoms with Gasteiger partial charge in [-0.1, -0.05) is 35.9 Å². The number of halogens is 1. The highest BCUT2D eigenvalue weighted by Gasteiger charge is 2.32. The fourth-order valence-electron chi connectivity index (χ4n) is 3.09. The van der Waals surface area contributed by atoms with E-state index in [1.54, 1.807) is 18.2 Å². The Bertz CT molecular complexity index is 993. The van der Waals surface area contributed by atoms with Crippen LogP contribution in [0.3, 0.4) is 0 Å². The first-order chi connectivity index (χ1) is 11.1. The maximum atomic E-state index is 12.6. The first-order valence-corrected chi connectivity index (χ1v) is 7.62. The van der Waals surface area contributed by atoms with E-state index in [9.17, 15) is 9.59 Å². The van der Waals surface area contributed by atoms with Crippen molar-refractivity contribution in [3.63, 3.8) is 0 Å². The summed E-state index contributed by atoms with van der Waals surface area (Å²) in [4.78, 5) is 27.5. The zero-order valence-electron chi connectivity index (χ0n) is 12.0. The number of hydrogen-bond donors (Lipinski definition) is 1. The van der Waals surface area contributed by atoms with Gasteiger partial charge in [0.1, 0.15) is 5.75 Å². The molecule has 0 spiro atoms. The van der Waals surface area contributed by atoms with E-state index in [2.05, 4.69) is 4.98 Å². The molecule has 0 bridgehead atoms. The lowest BCUT2D eigenvalue weighted by Gasteiger charge is -2.25. The van der Waals surface area contributed by atoms with Crippen molar-refractivity contribution in [2.45, 2.75) is 12.3 Å². The molecule has 1 atom stereocenters. The number of aromatic amines is 1. The van der Waals surface area contributed by atoms with Crippen LogP contribution >= 0.6 is 11.6 Å². The molecular formula is C18H12ClNO3. The van der Waals surface area contributed by atoms with Crippen LogP contribution in [-0.2, 0) is 4.79 Å². The van der Waals surface area contributed by atoms with Crippen LogP contribution in [0.5, 0.6) is 5.75 Å². The Labute approximate surface area is 136 Å². The molecule has 2 heterocycles. The van der Waals surface area contributed by atoms with Gasteiger partial charge in [-0.15, -0.1) is 0 Å². The number of rotatable bonds is 1. The maximum absolute atomic E-state index is 12.6. The van der Waals surface area contributed by atoms with E-state index in [1.807, 2.05) is 30.3 Å². The molecule has 23 heavy (non-hydrogen) atoms. The van der Waals surface area contributed by atoms with Crippen molar-refractivity contribution in [3.8, 4) is 5.75 Å². The number of aromatic nitrogens is 1. The number of hydrogen-bond acceptors (Lipinski definition) is 3. The second kappa shape index (κ2) is 5.25. The summed E-state index contributed by atoms with van der Waals surface area (Å²) in [5.74, 6) is -0.359. The van der Waals surface area contributed by atoms with Crippen molar-refractivity contribution in [3.05, 3.63) is 75.0 Å². The molecule has 2 aromatic carbocycles. The zero-order valence-corrected chi connectivity index (χ0v) is 12.8. The maximum Gasteiger partial charge on any atom is 0.312 e. The van der Waals surface area contributed by atoms with Gasteiger partial charge in [0.25, 0.3) is 5.56 Å². The van der Waals surface area contributed by atoms with Gasteiger partial charge in [0.15, 0.2) is 0 Å². The number of benzene rings is 2. The molecule has 1 N–H and O–H groups in total. The third-order valence-corrected chi connectivity index (χ3v) is 4.33. The number of carbonyl (C=O) groups is 1. The molecule has 0 aliphatic carbocycles. The molecule has 0 amide bonds. The van der Waals surface area contributed by atoms with Crippen LogP contribution in [-0.4, -0.2) is 11.0 Å². The number of para-hydroxylation sites is 1. The lowest BCUT2D eigenvalue weighted by Crippen LogP contribution is -2.28. The molecule has 4 rings (SSSR count). The van der Waals surface area contributed by atoms with Gasteiger partial charge in [-0.05, 0) is 29.8 Å². The minimum absolute atomic E-state index is 0.120. The van der Waals surface area contributed by atoms with Crippen molar-refractivity contribution in [2.24, 2.45) is 0 Å². The van der Waals surface area contributed by atoms with Gasteiger partial charge in [-0.25, -0.2) is 0 Å². The highest BCUT2D eigenvalue weighted by molar-refractivity contribution is 6.30. The van der Waals surface area contributed by atoms with Crippen LogP contribution < -0.4 is 10.3 Å². The summed E-state index contributed by atoms with van der Waals surface area (Å²) >= 11 is 6.06. The van der Waals surface area contributed by atoms with E-state index in [0.717, 1.165) is 10.9 Å². The van der Waals surface area contributed by atoms with Crippen molar-refractivity contribution in [1.29, 1.82) is 0 Å². The Morgan fingerprint density at radius 3 is 2.74 bits per heavy atom. The van der Waals surface area contributed by atoms with E-state index in [1.165, 1.54) is 0 Å². The van der Waals surface area contributed by atoms with Crippen LogP contribution in [0.4, 0.5) is 0 Å². The highest BCUT2D eigenvalue weighted by atomic mass is 35.5. The monoisotopic (exact) mass is 325 g/mol. The third-order valence-electron chi connectivity index (χ3n) is 4.10. The van der Waals surface area contributed by atoms with E-state index in [0.29, 0.717) is 21.9 Å². The minimum atomic E-state index is -0.363. The molecule has 3 aromatic rings. The molecule has 1 aromatic heterocycles. The third kappa shape index (κ3) is 2.32. The predicted molar refractivity (Wildman–Crippen MR) is 88.1 cm³/mol. The zero-order chi connectivity index (χ0) is 16.0. The van der Waals surface area contributed by atoms with Gasteiger partial charge in [0.2, 0.25) is 0 Å². The summed E-state index contributed by atoms with van der Waals surface area (Å²) in [6.45, 7) is 0. The Kier molecular flexibility index (Phi) is 3.20. The molecule has 0 fully saturated rings. The van der Waals surface area contributed by atoms with Gasteiger partial charge in [-0.3, -0.25) is 9.59 Å². The Morgan fingerprint density at radius 1 is 1.09 bits per heavy atom. The molecule has 0 radical (unpaired) electrons. The second-order valence-electron chi connectivity index (χ2n) is 5.53. The number of nitrogens with one attached hydrogen (secondary N) is 1. The summed E-state index contributed by atoms with van der Waals surface area (Å²) in [7, 11) is 0. The van der Waals surface area contributed by atoms with Gasteiger partial charge in [0.05, 0.1) is 17.5 Å². The largest absolute Gasteiger partial charge is 0.425 e. The van der Waals surface area contributed by atoms with Crippen molar-refractivity contribution >= 4 is 28.5 Å². The van der Waals surface area contributed by atoms with Crippen molar-refractivity contribution in [1.82, 2.24) is 4.98 Å². The van der Waals surface area contributed by atoms with E-state index in [-0.39, 0.29) is 23.9 Å². The average Bonchev–Trinajstić information content (AvgIpc) is 2.54. The molecule has 1 aliphatic rings. The SMILES string of the molecule is O=C1C[C@H](c2cccc(Cl)c2)c2c(c3ccccc3[nH]c2=O)O1. The van der Waals surface area contributed by atoms with Gasteiger partial charge < -0.3 is 9.72 Å². The molecule has 5 heteroatoms. The second-order valence-corrected chi connectivity index (χ2v) is 5.96. The highest BCUT2D eigenvalue weighted by Crippen LogP contribution is 2.40. The van der Waals surface area contributed by atoms with Gasteiger partial charge >= 0.3 is 5.97 Å². The van der Waals surface area contributed by atoms with E-state index in [4.69, 9.17) is 16.3 Å². The van der Waals surface area contributed by atoms with Crippen molar-refractivity contribution < 1.29 is 9.53 Å². The molecule has 4 nitrogen and oxygen atoms in total. The van der Waals surface area contributed by atoms with Crippen LogP contribution in [0.15, 0.2) is 53.3 Å². The molecule has 0 saturated carbocycles. The van der Waals surface area contributed by atoms with E-state index < -0.39 is 0 Å². The lowest BCUT2D eigenvalue weighted by atomic mass is 9.86. The molecular weight excluding hydrogens is 314 g/mol. The number of H-pyrrole nitrogens is 1. The van der Waals surface area contributed by atoms with Crippen molar-refractivity contribution in [2.75, 3.05) is 0 Å². The fraction of sp³-hybridized carbons (Fsp3) is 0.111. The molecule has 114 valence electrons. The number of pyridine rings is 1. The number of esters is 1. The fourth-order valence-corrected chi connectivity index (χ4v) is 3.29. The number of fused-ring (bicyclic) bond motifs is 3. The molecule has 1 aliphatic heterocycles. The first-order valence-electron chi connectivity index (χ1n) is 7.24. The quantitative estimate of drug-likeness (QED) is 0.695. The smallest absolute Gasteiger partial charge is 0.312 e. The lowest BCUT2D eigenvalue weighted by molar-refractivity contribution is -0.135. The summed E-state index contributed by atoms with van der Waals surface area (Å²) in [5, 5.41) is 1.29. The van der Waals surface area contributed by atoms with Crippen LogP contribution in [0, 0.1) is 0 Å². The topological polar surface area (TPSA) is 59.2 Å². The summed E-state index contributed by atoms with van der Waals surface area (Å²) in [6.07, 6.45) is 0.120. The van der Waals surface area contributed by atoms with Gasteiger partial charge in [-0.2, -0.15) is 0 Å².